The predicted octanol–water partition coefficient (Wildman–Crippen LogP) is 5.06. The molecule has 0 saturated carbocycles. The molecule has 0 bridgehead atoms. The smallest absolute Gasteiger partial charge is 0.257 e. The van der Waals surface area contributed by atoms with E-state index in [4.69, 9.17) is 15.7 Å². The molecule has 0 spiro atoms. The molecule has 3 N–H and O–H groups in total. The third kappa shape index (κ3) is 4.58. The van der Waals surface area contributed by atoms with Crippen LogP contribution in [0.5, 0.6) is 0 Å². The van der Waals surface area contributed by atoms with Crippen molar-refractivity contribution in [3.8, 4) is 5.69 Å². The molecule has 7 nitrogen and oxygen atoms in total. The van der Waals surface area contributed by atoms with Crippen LogP contribution in [0.2, 0.25) is 0 Å². The molecule has 7 heteroatoms. The Kier molecular flexibility index (Phi) is 6.68. The van der Waals surface area contributed by atoms with Gasteiger partial charge in [0.2, 0.25) is 0 Å². The van der Waals surface area contributed by atoms with E-state index in [0.717, 1.165) is 12.8 Å². The molecule has 0 atom stereocenters. The van der Waals surface area contributed by atoms with Gasteiger partial charge in [-0.2, -0.15) is 0 Å². The number of carbonyl (C=O) groups excluding carboxylic acids is 2. The summed E-state index contributed by atoms with van der Waals surface area (Å²) >= 11 is 0. The average Bonchev–Trinajstić information content (AvgIpc) is 3.10. The number of nitrogens with zero attached hydrogens (tertiary/aromatic N) is 3. The molecule has 0 radical (unpaired) electrons. The summed E-state index contributed by atoms with van der Waals surface area (Å²) in [7, 11) is 0. The maximum Gasteiger partial charge on any atom is 0.257 e. The van der Waals surface area contributed by atoms with E-state index in [1.165, 1.54) is 26.2 Å². The fourth-order valence-corrected chi connectivity index (χ4v) is 4.01. The quantitative estimate of drug-likeness (QED) is 0.278. The van der Waals surface area contributed by atoms with Gasteiger partial charge in [-0.25, -0.2) is 9.97 Å². The predicted molar refractivity (Wildman–Crippen MR) is 132 cm³/mol. The summed E-state index contributed by atoms with van der Waals surface area (Å²) < 4.78 is 1.73. The van der Waals surface area contributed by atoms with Crippen molar-refractivity contribution in [2.75, 3.05) is 12.3 Å². The molecule has 0 aliphatic carbocycles. The normalized spacial score (nSPS) is 11.2. The Morgan fingerprint density at radius 1 is 0.939 bits per heavy atom. The SMILES string of the molecule is CCCCCCCNC(=O)c1c(N)n(-c2ccc(C(C)=O)cc2)c2nc3ccccc3nc12. The zero-order chi connectivity index (χ0) is 23.4. The Labute approximate surface area is 193 Å². The van der Waals surface area contributed by atoms with E-state index >= 15 is 0 Å². The van der Waals surface area contributed by atoms with Crippen LogP contribution in [0.15, 0.2) is 48.5 Å². The van der Waals surface area contributed by atoms with Crippen molar-refractivity contribution in [2.24, 2.45) is 0 Å². The van der Waals surface area contributed by atoms with Crippen molar-refractivity contribution in [3.63, 3.8) is 0 Å². The van der Waals surface area contributed by atoms with Gasteiger partial charge in [0, 0.05) is 17.8 Å². The molecule has 2 aromatic heterocycles. The Balaban J connectivity index is 1.76. The second-order valence-electron chi connectivity index (χ2n) is 8.25. The lowest BCUT2D eigenvalue weighted by Gasteiger charge is -2.09. The van der Waals surface area contributed by atoms with Crippen molar-refractivity contribution < 1.29 is 9.59 Å². The van der Waals surface area contributed by atoms with Crippen molar-refractivity contribution in [1.29, 1.82) is 0 Å². The number of anilines is 1. The number of hydrogen-bond donors (Lipinski definition) is 2. The first-order valence-electron chi connectivity index (χ1n) is 11.5. The molecule has 4 rings (SSSR count). The minimum absolute atomic E-state index is 0.0170. The molecule has 0 unspecified atom stereocenters. The fraction of sp³-hybridized carbons (Fsp3) is 0.308. The molecule has 1 amide bonds. The lowest BCUT2D eigenvalue weighted by Crippen LogP contribution is -2.25. The topological polar surface area (TPSA) is 103 Å². The summed E-state index contributed by atoms with van der Waals surface area (Å²) in [5, 5.41) is 3.00. The monoisotopic (exact) mass is 443 g/mol. The number of amides is 1. The average molecular weight is 444 g/mol. The number of fused-ring (bicyclic) bond motifs is 2. The maximum absolute atomic E-state index is 13.2. The van der Waals surface area contributed by atoms with Crippen molar-refractivity contribution in [1.82, 2.24) is 19.9 Å². The summed E-state index contributed by atoms with van der Waals surface area (Å²) in [6.45, 7) is 4.29. The van der Waals surface area contributed by atoms with Crippen molar-refractivity contribution >= 4 is 39.7 Å². The van der Waals surface area contributed by atoms with Gasteiger partial charge in [0.05, 0.1) is 11.0 Å². The van der Waals surface area contributed by atoms with Crippen molar-refractivity contribution in [3.05, 3.63) is 59.7 Å². The van der Waals surface area contributed by atoms with Crippen LogP contribution in [0.3, 0.4) is 0 Å². The van der Waals surface area contributed by atoms with Crippen LogP contribution in [0, 0.1) is 0 Å². The van der Waals surface area contributed by atoms with Crippen LogP contribution in [-0.4, -0.2) is 32.8 Å². The number of aromatic nitrogens is 3. The number of benzene rings is 2. The first-order chi connectivity index (χ1) is 16.0. The molecule has 2 aromatic carbocycles. The van der Waals surface area contributed by atoms with Gasteiger partial charge in [0.25, 0.3) is 5.91 Å². The summed E-state index contributed by atoms with van der Waals surface area (Å²) in [6.07, 6.45) is 5.56. The van der Waals surface area contributed by atoms with E-state index in [0.29, 0.717) is 45.6 Å². The van der Waals surface area contributed by atoms with Crippen LogP contribution in [0.4, 0.5) is 5.82 Å². The first-order valence-corrected chi connectivity index (χ1v) is 11.5. The van der Waals surface area contributed by atoms with E-state index in [1.807, 2.05) is 24.3 Å². The van der Waals surface area contributed by atoms with Crippen molar-refractivity contribution in [2.45, 2.75) is 46.0 Å². The molecule has 0 aliphatic rings. The highest BCUT2D eigenvalue weighted by Crippen LogP contribution is 2.31. The number of Topliss-reactive ketones (excluding diaryl/α,β-unsaturated/α-hetero) is 1. The number of nitrogens with two attached hydrogens (primary N) is 1. The van der Waals surface area contributed by atoms with Crippen LogP contribution >= 0.6 is 0 Å². The molecule has 0 aliphatic heterocycles. The number of hydrogen-bond acceptors (Lipinski definition) is 5. The minimum Gasteiger partial charge on any atom is -0.384 e. The molecule has 33 heavy (non-hydrogen) atoms. The zero-order valence-electron chi connectivity index (χ0n) is 19.1. The van der Waals surface area contributed by atoms with Gasteiger partial charge in [-0.1, -0.05) is 44.7 Å². The van der Waals surface area contributed by atoms with Crippen LogP contribution in [-0.2, 0) is 0 Å². The maximum atomic E-state index is 13.2. The largest absolute Gasteiger partial charge is 0.384 e. The number of para-hydroxylation sites is 2. The van der Waals surface area contributed by atoms with E-state index < -0.39 is 0 Å². The molecule has 4 aromatic rings. The fourth-order valence-electron chi connectivity index (χ4n) is 4.01. The van der Waals surface area contributed by atoms with E-state index in [1.54, 1.807) is 28.8 Å². The van der Waals surface area contributed by atoms with Gasteiger partial charge in [0.1, 0.15) is 16.9 Å². The van der Waals surface area contributed by atoms with E-state index in [9.17, 15) is 9.59 Å². The second-order valence-corrected chi connectivity index (χ2v) is 8.25. The lowest BCUT2D eigenvalue weighted by atomic mass is 10.1. The molecule has 2 heterocycles. The Morgan fingerprint density at radius 2 is 1.61 bits per heavy atom. The lowest BCUT2D eigenvalue weighted by molar-refractivity contribution is 0.0954. The first kappa shape index (κ1) is 22.5. The molecular weight excluding hydrogens is 414 g/mol. The highest BCUT2D eigenvalue weighted by Gasteiger charge is 2.24. The molecule has 0 saturated heterocycles. The van der Waals surface area contributed by atoms with Gasteiger partial charge < -0.3 is 11.1 Å². The molecule has 0 fully saturated rings. The number of rotatable bonds is 9. The van der Waals surface area contributed by atoms with Crippen LogP contribution < -0.4 is 11.1 Å². The van der Waals surface area contributed by atoms with Gasteiger partial charge >= 0.3 is 0 Å². The number of carbonyl (C=O) groups is 2. The minimum atomic E-state index is -0.253. The van der Waals surface area contributed by atoms with Gasteiger partial charge in [-0.05, 0) is 49.7 Å². The number of nitrogen functional groups attached to an aromatic ring is 1. The van der Waals surface area contributed by atoms with Gasteiger partial charge in [-0.15, -0.1) is 0 Å². The highest BCUT2D eigenvalue weighted by atomic mass is 16.1. The van der Waals surface area contributed by atoms with E-state index in [2.05, 4.69) is 12.2 Å². The summed E-state index contributed by atoms with van der Waals surface area (Å²) in [5.41, 5.74) is 10.6. The summed E-state index contributed by atoms with van der Waals surface area (Å²) in [6, 6.07) is 14.6. The van der Waals surface area contributed by atoms with Gasteiger partial charge in [-0.3, -0.25) is 14.2 Å². The number of ketones is 1. The molecular formula is C26H29N5O2. The Hall–Kier alpha value is -3.74. The third-order valence-corrected chi connectivity index (χ3v) is 5.82. The second kappa shape index (κ2) is 9.81. The molecule has 170 valence electrons. The highest BCUT2D eigenvalue weighted by molar-refractivity contribution is 6.11. The Bertz CT molecular complexity index is 1310. The van der Waals surface area contributed by atoms with Crippen LogP contribution in [0.1, 0.15) is 66.7 Å². The summed E-state index contributed by atoms with van der Waals surface area (Å²) in [4.78, 5) is 34.4. The third-order valence-electron chi connectivity index (χ3n) is 5.82. The van der Waals surface area contributed by atoms with Crippen LogP contribution in [0.25, 0.3) is 27.9 Å². The van der Waals surface area contributed by atoms with Gasteiger partial charge in [0.15, 0.2) is 11.4 Å². The number of nitrogens with one attached hydrogen (secondary N) is 1. The number of unbranched alkanes of at least 4 members (excludes halogenated alkanes) is 4. The summed E-state index contributed by atoms with van der Waals surface area (Å²) in [5.74, 6) is 0.00715. The standard InChI is InChI=1S/C26H29N5O2/c1-3-4-5-6-9-16-28-26(33)22-23-25(30-21-11-8-7-10-20(21)29-23)31(24(22)27)19-14-12-18(13-15-19)17(2)32/h7-8,10-15H,3-6,9,16,27H2,1-2H3,(H,28,33). The Morgan fingerprint density at radius 3 is 2.27 bits per heavy atom. The van der Waals surface area contributed by atoms with E-state index in [-0.39, 0.29) is 17.5 Å². The zero-order valence-corrected chi connectivity index (χ0v) is 19.1.